The SMILES string of the molecule is Cc1cc(C(C)C)nc(NCc2cc3c(s2)CCC3)n1. The number of rotatable bonds is 4. The molecule has 0 saturated carbocycles. The van der Waals surface area contributed by atoms with Crippen LogP contribution in [0.25, 0.3) is 0 Å². The van der Waals surface area contributed by atoms with Gasteiger partial charge in [-0.3, -0.25) is 0 Å². The molecule has 106 valence electrons. The van der Waals surface area contributed by atoms with Gasteiger partial charge in [-0.05, 0) is 49.8 Å². The van der Waals surface area contributed by atoms with Gasteiger partial charge in [0.1, 0.15) is 0 Å². The maximum absolute atomic E-state index is 4.59. The Morgan fingerprint density at radius 1 is 1.25 bits per heavy atom. The van der Waals surface area contributed by atoms with E-state index < -0.39 is 0 Å². The predicted octanol–water partition coefficient (Wildman–Crippen LogP) is 4.07. The molecule has 1 N–H and O–H groups in total. The molecular formula is C16H21N3S. The molecule has 0 unspecified atom stereocenters. The summed E-state index contributed by atoms with van der Waals surface area (Å²) in [5.74, 6) is 1.19. The van der Waals surface area contributed by atoms with E-state index in [0.717, 1.165) is 23.9 Å². The normalized spacial score (nSPS) is 13.8. The summed E-state index contributed by atoms with van der Waals surface area (Å²) in [5.41, 5.74) is 3.69. The highest BCUT2D eigenvalue weighted by Crippen LogP contribution is 2.30. The van der Waals surface area contributed by atoms with Crippen molar-refractivity contribution in [2.45, 2.75) is 52.5 Å². The maximum atomic E-state index is 4.59. The first-order chi connectivity index (χ1) is 9.61. The molecule has 2 aromatic heterocycles. The number of hydrogen-bond donors (Lipinski definition) is 1. The average Bonchev–Trinajstić information content (AvgIpc) is 2.96. The molecule has 0 spiro atoms. The molecule has 3 nitrogen and oxygen atoms in total. The number of thiophene rings is 1. The van der Waals surface area contributed by atoms with Crippen LogP contribution in [0.4, 0.5) is 5.95 Å². The molecule has 0 bridgehead atoms. The summed E-state index contributed by atoms with van der Waals surface area (Å²) in [4.78, 5) is 12.0. The third-order valence-corrected chi connectivity index (χ3v) is 4.92. The van der Waals surface area contributed by atoms with Gasteiger partial charge in [0.25, 0.3) is 0 Å². The lowest BCUT2D eigenvalue weighted by atomic mass is 10.1. The van der Waals surface area contributed by atoms with Gasteiger partial charge in [-0.1, -0.05) is 13.8 Å². The molecule has 4 heteroatoms. The van der Waals surface area contributed by atoms with Crippen LogP contribution in [0.2, 0.25) is 0 Å². The molecule has 1 aliphatic rings. The van der Waals surface area contributed by atoms with Crippen molar-refractivity contribution in [3.8, 4) is 0 Å². The molecule has 3 rings (SSSR count). The highest BCUT2D eigenvalue weighted by Gasteiger charge is 2.14. The molecule has 2 aromatic rings. The molecule has 2 heterocycles. The third kappa shape index (κ3) is 2.85. The van der Waals surface area contributed by atoms with E-state index in [1.165, 1.54) is 24.1 Å². The van der Waals surface area contributed by atoms with Crippen LogP contribution in [0.5, 0.6) is 0 Å². The van der Waals surface area contributed by atoms with Gasteiger partial charge >= 0.3 is 0 Å². The first-order valence-electron chi connectivity index (χ1n) is 7.31. The van der Waals surface area contributed by atoms with Gasteiger partial charge in [0, 0.05) is 21.1 Å². The third-order valence-electron chi connectivity index (χ3n) is 3.68. The fourth-order valence-electron chi connectivity index (χ4n) is 2.61. The standard InChI is InChI=1S/C16H21N3S/c1-10(2)14-7-11(3)18-16(19-14)17-9-13-8-12-5-4-6-15(12)20-13/h7-8,10H,4-6,9H2,1-3H3,(H,17,18,19). The lowest BCUT2D eigenvalue weighted by Gasteiger charge is -2.09. The Hall–Kier alpha value is -1.42. The first-order valence-corrected chi connectivity index (χ1v) is 8.13. The topological polar surface area (TPSA) is 37.8 Å². The van der Waals surface area contributed by atoms with E-state index in [1.807, 2.05) is 18.3 Å². The Kier molecular flexibility index (Phi) is 3.74. The highest BCUT2D eigenvalue weighted by atomic mass is 32.1. The van der Waals surface area contributed by atoms with Gasteiger partial charge in [0.2, 0.25) is 5.95 Å². The lowest BCUT2D eigenvalue weighted by molar-refractivity contribution is 0.808. The monoisotopic (exact) mass is 287 g/mol. The van der Waals surface area contributed by atoms with Crippen LogP contribution in [0.1, 0.15) is 52.9 Å². The van der Waals surface area contributed by atoms with Crippen LogP contribution in [-0.2, 0) is 19.4 Å². The zero-order valence-corrected chi connectivity index (χ0v) is 13.2. The predicted molar refractivity (Wildman–Crippen MR) is 84.5 cm³/mol. The molecule has 1 aliphatic carbocycles. The van der Waals surface area contributed by atoms with Crippen molar-refractivity contribution in [1.82, 2.24) is 9.97 Å². The van der Waals surface area contributed by atoms with Crippen LogP contribution in [0, 0.1) is 6.92 Å². The number of nitrogens with zero attached hydrogens (tertiary/aromatic N) is 2. The number of nitrogens with one attached hydrogen (secondary N) is 1. The molecule has 0 radical (unpaired) electrons. The van der Waals surface area contributed by atoms with Crippen LogP contribution >= 0.6 is 11.3 Å². The number of fused-ring (bicyclic) bond motifs is 1. The fraction of sp³-hybridized carbons (Fsp3) is 0.500. The number of aryl methyl sites for hydroxylation is 3. The molecular weight excluding hydrogens is 266 g/mol. The van der Waals surface area contributed by atoms with Crippen molar-refractivity contribution in [3.05, 3.63) is 38.8 Å². The summed E-state index contributed by atoms with van der Waals surface area (Å²) in [7, 11) is 0. The minimum Gasteiger partial charge on any atom is -0.349 e. The van der Waals surface area contributed by atoms with Crippen molar-refractivity contribution in [2.75, 3.05) is 5.32 Å². The Morgan fingerprint density at radius 2 is 2.10 bits per heavy atom. The molecule has 0 atom stereocenters. The van der Waals surface area contributed by atoms with E-state index in [4.69, 9.17) is 0 Å². The number of hydrogen-bond acceptors (Lipinski definition) is 4. The average molecular weight is 287 g/mol. The van der Waals surface area contributed by atoms with Crippen LogP contribution in [0.3, 0.4) is 0 Å². The second kappa shape index (κ2) is 5.52. The molecule has 0 fully saturated rings. The Morgan fingerprint density at radius 3 is 2.85 bits per heavy atom. The summed E-state index contributed by atoms with van der Waals surface area (Å²) < 4.78 is 0. The van der Waals surface area contributed by atoms with E-state index in [2.05, 4.69) is 41.3 Å². The van der Waals surface area contributed by atoms with Crippen LogP contribution < -0.4 is 5.32 Å². The molecule has 20 heavy (non-hydrogen) atoms. The van der Waals surface area contributed by atoms with Crippen molar-refractivity contribution in [2.24, 2.45) is 0 Å². The summed E-state index contributed by atoms with van der Waals surface area (Å²) in [6.45, 7) is 7.18. The summed E-state index contributed by atoms with van der Waals surface area (Å²) >= 11 is 1.94. The van der Waals surface area contributed by atoms with E-state index >= 15 is 0 Å². The smallest absolute Gasteiger partial charge is 0.223 e. The number of anilines is 1. The first kappa shape index (κ1) is 13.6. The molecule has 0 aliphatic heterocycles. The van der Waals surface area contributed by atoms with Gasteiger partial charge in [0.05, 0.1) is 6.54 Å². The zero-order chi connectivity index (χ0) is 14.1. The summed E-state index contributed by atoms with van der Waals surface area (Å²) in [6, 6.07) is 4.41. The molecule has 0 aromatic carbocycles. The van der Waals surface area contributed by atoms with Gasteiger partial charge in [-0.2, -0.15) is 0 Å². The van der Waals surface area contributed by atoms with Crippen molar-refractivity contribution >= 4 is 17.3 Å². The Balaban J connectivity index is 1.71. The van der Waals surface area contributed by atoms with Crippen molar-refractivity contribution in [3.63, 3.8) is 0 Å². The Bertz CT molecular complexity index is 595. The Labute approximate surface area is 124 Å². The van der Waals surface area contributed by atoms with Crippen molar-refractivity contribution < 1.29 is 0 Å². The van der Waals surface area contributed by atoms with E-state index in [0.29, 0.717) is 5.92 Å². The van der Waals surface area contributed by atoms with E-state index in [9.17, 15) is 0 Å². The summed E-state index contributed by atoms with van der Waals surface area (Å²) in [6.07, 6.45) is 3.84. The minimum atomic E-state index is 0.433. The largest absolute Gasteiger partial charge is 0.349 e. The van der Waals surface area contributed by atoms with E-state index in [-0.39, 0.29) is 0 Å². The minimum absolute atomic E-state index is 0.433. The van der Waals surface area contributed by atoms with Gasteiger partial charge in [-0.15, -0.1) is 11.3 Å². The van der Waals surface area contributed by atoms with E-state index in [1.54, 1.807) is 10.4 Å². The summed E-state index contributed by atoms with van der Waals surface area (Å²) in [5, 5.41) is 3.37. The second-order valence-electron chi connectivity index (χ2n) is 5.78. The maximum Gasteiger partial charge on any atom is 0.223 e. The molecule has 0 amide bonds. The van der Waals surface area contributed by atoms with Gasteiger partial charge < -0.3 is 5.32 Å². The van der Waals surface area contributed by atoms with Crippen molar-refractivity contribution in [1.29, 1.82) is 0 Å². The lowest BCUT2D eigenvalue weighted by Crippen LogP contribution is -2.06. The van der Waals surface area contributed by atoms with Crippen LogP contribution in [-0.4, -0.2) is 9.97 Å². The molecule has 0 saturated heterocycles. The zero-order valence-electron chi connectivity index (χ0n) is 12.4. The second-order valence-corrected chi connectivity index (χ2v) is 7.00. The number of aromatic nitrogens is 2. The highest BCUT2D eigenvalue weighted by molar-refractivity contribution is 7.12. The van der Waals surface area contributed by atoms with Gasteiger partial charge in [0.15, 0.2) is 0 Å². The quantitative estimate of drug-likeness (QED) is 0.921. The fourth-order valence-corrected chi connectivity index (χ4v) is 3.81. The van der Waals surface area contributed by atoms with Gasteiger partial charge in [-0.25, -0.2) is 9.97 Å². The van der Waals surface area contributed by atoms with Crippen LogP contribution in [0.15, 0.2) is 12.1 Å².